The van der Waals surface area contributed by atoms with Crippen LogP contribution in [0, 0.1) is 5.92 Å². The van der Waals surface area contributed by atoms with E-state index in [1.165, 1.54) is 31.4 Å². The Balaban J connectivity index is 2.14. The second-order valence-corrected chi connectivity index (χ2v) is 6.53. The van der Waals surface area contributed by atoms with E-state index in [0.717, 1.165) is 12.8 Å². The Bertz CT molecular complexity index is 579. The maximum absolute atomic E-state index is 12.2. The zero-order valence-electron chi connectivity index (χ0n) is 11.2. The van der Waals surface area contributed by atoms with E-state index in [1.54, 1.807) is 0 Å². The van der Waals surface area contributed by atoms with E-state index in [2.05, 4.69) is 9.46 Å². The molecule has 0 bridgehead atoms. The fraction of sp³-hybridized carbons (Fsp3) is 0.462. The zero-order chi connectivity index (χ0) is 14.8. The molecule has 110 valence electrons. The van der Waals surface area contributed by atoms with E-state index in [0.29, 0.717) is 11.5 Å². The van der Waals surface area contributed by atoms with Crippen LogP contribution in [0.3, 0.4) is 0 Å². The third-order valence-electron chi connectivity index (χ3n) is 3.34. The molecule has 0 saturated heterocycles. The molecule has 20 heavy (non-hydrogen) atoms. The van der Waals surface area contributed by atoms with Crippen LogP contribution in [0.1, 0.15) is 23.2 Å². The van der Waals surface area contributed by atoms with Gasteiger partial charge in [-0.15, -0.1) is 0 Å². The Morgan fingerprint density at radius 2 is 2.00 bits per heavy atom. The van der Waals surface area contributed by atoms with Crippen LogP contribution in [0.5, 0.6) is 0 Å². The highest BCUT2D eigenvalue weighted by molar-refractivity contribution is 7.89. The van der Waals surface area contributed by atoms with E-state index < -0.39 is 16.0 Å². The van der Waals surface area contributed by atoms with E-state index in [1.807, 2.05) is 0 Å². The van der Waals surface area contributed by atoms with Gasteiger partial charge in [0.2, 0.25) is 10.0 Å². The molecular formula is C13H18N2O4S. The summed E-state index contributed by atoms with van der Waals surface area (Å²) in [4.78, 5) is 11.4. The third-order valence-corrected chi connectivity index (χ3v) is 4.84. The maximum Gasteiger partial charge on any atom is 0.337 e. The predicted octanol–water partition coefficient (Wildman–Crippen LogP) is 0.489. The average molecular weight is 298 g/mol. The van der Waals surface area contributed by atoms with Crippen LogP contribution in [-0.4, -0.2) is 34.1 Å². The number of sulfonamides is 1. The fourth-order valence-electron chi connectivity index (χ4n) is 1.99. The third kappa shape index (κ3) is 3.36. The van der Waals surface area contributed by atoms with Gasteiger partial charge in [-0.05, 0) is 43.0 Å². The van der Waals surface area contributed by atoms with Gasteiger partial charge in [0, 0.05) is 12.6 Å². The van der Waals surface area contributed by atoms with Gasteiger partial charge in [0.25, 0.3) is 0 Å². The number of nitrogens with two attached hydrogens (primary N) is 1. The van der Waals surface area contributed by atoms with E-state index in [9.17, 15) is 13.2 Å². The highest BCUT2D eigenvalue weighted by Gasteiger charge is 2.33. The van der Waals surface area contributed by atoms with Crippen LogP contribution in [0.2, 0.25) is 0 Å². The number of hydrogen-bond donors (Lipinski definition) is 2. The monoisotopic (exact) mass is 298 g/mol. The number of carbonyl (C=O) groups excluding carboxylic acids is 1. The summed E-state index contributed by atoms with van der Waals surface area (Å²) in [5, 5.41) is 0. The molecule has 0 amide bonds. The normalized spacial score (nSPS) is 16.7. The second-order valence-electron chi connectivity index (χ2n) is 4.82. The predicted molar refractivity (Wildman–Crippen MR) is 73.7 cm³/mol. The molecule has 0 aliphatic heterocycles. The first-order chi connectivity index (χ1) is 9.47. The number of hydrogen-bond acceptors (Lipinski definition) is 5. The van der Waals surface area contributed by atoms with Crippen molar-refractivity contribution in [2.24, 2.45) is 11.7 Å². The Labute approximate surface area is 118 Å². The topological polar surface area (TPSA) is 98.5 Å². The van der Waals surface area contributed by atoms with Crippen molar-refractivity contribution < 1.29 is 17.9 Å². The first-order valence-corrected chi connectivity index (χ1v) is 7.87. The highest BCUT2D eigenvalue weighted by atomic mass is 32.2. The summed E-state index contributed by atoms with van der Waals surface area (Å²) >= 11 is 0. The van der Waals surface area contributed by atoms with Gasteiger partial charge in [-0.2, -0.15) is 0 Å². The minimum absolute atomic E-state index is 0.115. The summed E-state index contributed by atoms with van der Waals surface area (Å²) in [5.41, 5.74) is 5.90. The number of methoxy groups -OCH3 is 1. The smallest absolute Gasteiger partial charge is 0.337 e. The highest BCUT2D eigenvalue weighted by Crippen LogP contribution is 2.32. The number of benzene rings is 1. The van der Waals surface area contributed by atoms with Crippen molar-refractivity contribution in [2.45, 2.75) is 23.8 Å². The van der Waals surface area contributed by atoms with Gasteiger partial charge in [0.1, 0.15) is 0 Å². The Kier molecular flexibility index (Phi) is 4.42. The molecule has 2 rings (SSSR count). The van der Waals surface area contributed by atoms with Crippen molar-refractivity contribution in [3.63, 3.8) is 0 Å². The number of nitrogens with one attached hydrogen (secondary N) is 1. The molecule has 0 spiro atoms. The van der Waals surface area contributed by atoms with Crippen molar-refractivity contribution in [1.29, 1.82) is 0 Å². The van der Waals surface area contributed by atoms with Gasteiger partial charge in [-0.25, -0.2) is 17.9 Å². The summed E-state index contributed by atoms with van der Waals surface area (Å²) in [5.74, 6) is -0.163. The average Bonchev–Trinajstić information content (AvgIpc) is 3.28. The standard InChI is InChI=1S/C13H18N2O4S/c1-19-13(16)10-4-6-11(7-5-10)20(17,18)15-12(8-14)9-2-3-9/h4-7,9,12,15H,2-3,8,14H2,1H3. The first kappa shape index (κ1) is 15.0. The van der Waals surface area contributed by atoms with Crippen LogP contribution >= 0.6 is 0 Å². The van der Waals surface area contributed by atoms with Gasteiger partial charge in [-0.3, -0.25) is 0 Å². The van der Waals surface area contributed by atoms with E-state index in [4.69, 9.17) is 5.73 Å². The Morgan fingerprint density at radius 3 is 2.45 bits per heavy atom. The summed E-state index contributed by atoms with van der Waals surface area (Å²) in [6, 6.07) is 5.40. The van der Waals surface area contributed by atoms with Gasteiger partial charge in [0.05, 0.1) is 17.6 Å². The van der Waals surface area contributed by atoms with Crippen LogP contribution in [0.15, 0.2) is 29.2 Å². The number of carbonyl (C=O) groups is 1. The van der Waals surface area contributed by atoms with Crippen LogP contribution < -0.4 is 10.5 Å². The van der Waals surface area contributed by atoms with Crippen molar-refractivity contribution in [2.75, 3.05) is 13.7 Å². The molecular weight excluding hydrogens is 280 g/mol. The molecule has 3 N–H and O–H groups in total. The van der Waals surface area contributed by atoms with Crippen molar-refractivity contribution >= 4 is 16.0 Å². The molecule has 1 saturated carbocycles. The number of esters is 1. The first-order valence-electron chi connectivity index (χ1n) is 6.38. The molecule has 1 aliphatic carbocycles. The lowest BCUT2D eigenvalue weighted by atomic mass is 10.2. The summed E-state index contributed by atoms with van der Waals surface area (Å²) < 4.78 is 31.6. The van der Waals surface area contributed by atoms with Gasteiger partial charge < -0.3 is 10.5 Å². The lowest BCUT2D eigenvalue weighted by Gasteiger charge is -2.16. The number of ether oxygens (including phenoxy) is 1. The quantitative estimate of drug-likeness (QED) is 0.745. The molecule has 1 fully saturated rings. The molecule has 1 unspecified atom stereocenters. The summed E-state index contributed by atoms with van der Waals surface area (Å²) in [6.45, 7) is 0.282. The molecule has 0 aromatic heterocycles. The summed E-state index contributed by atoms with van der Waals surface area (Å²) in [7, 11) is -2.33. The molecule has 6 nitrogen and oxygen atoms in total. The largest absolute Gasteiger partial charge is 0.465 e. The molecule has 1 aromatic rings. The molecule has 1 aromatic carbocycles. The number of rotatable bonds is 6. The minimum atomic E-state index is -3.61. The van der Waals surface area contributed by atoms with E-state index >= 15 is 0 Å². The second kappa shape index (κ2) is 5.90. The van der Waals surface area contributed by atoms with Crippen LogP contribution in [0.4, 0.5) is 0 Å². The zero-order valence-corrected chi connectivity index (χ0v) is 12.0. The molecule has 7 heteroatoms. The lowest BCUT2D eigenvalue weighted by molar-refractivity contribution is 0.0600. The van der Waals surface area contributed by atoms with Crippen LogP contribution in [0.25, 0.3) is 0 Å². The lowest BCUT2D eigenvalue weighted by Crippen LogP contribution is -2.41. The molecule has 1 atom stereocenters. The molecule has 0 radical (unpaired) electrons. The SMILES string of the molecule is COC(=O)c1ccc(S(=O)(=O)NC(CN)C2CC2)cc1. The van der Waals surface area contributed by atoms with Crippen molar-refractivity contribution in [1.82, 2.24) is 4.72 Å². The van der Waals surface area contributed by atoms with E-state index in [-0.39, 0.29) is 17.5 Å². The minimum Gasteiger partial charge on any atom is -0.465 e. The maximum atomic E-state index is 12.2. The molecule has 1 aliphatic rings. The summed E-state index contributed by atoms with van der Waals surface area (Å²) in [6.07, 6.45) is 2.01. The van der Waals surface area contributed by atoms with Gasteiger partial charge >= 0.3 is 5.97 Å². The Morgan fingerprint density at radius 1 is 1.40 bits per heavy atom. The van der Waals surface area contributed by atoms with Crippen LogP contribution in [-0.2, 0) is 14.8 Å². The fourth-order valence-corrected chi connectivity index (χ4v) is 3.31. The van der Waals surface area contributed by atoms with Crippen molar-refractivity contribution in [3.8, 4) is 0 Å². The van der Waals surface area contributed by atoms with Crippen molar-refractivity contribution in [3.05, 3.63) is 29.8 Å². The molecule has 0 heterocycles. The van der Waals surface area contributed by atoms with Gasteiger partial charge in [0.15, 0.2) is 0 Å². The Hall–Kier alpha value is -1.44. The van der Waals surface area contributed by atoms with Gasteiger partial charge in [-0.1, -0.05) is 0 Å².